The summed E-state index contributed by atoms with van der Waals surface area (Å²) in [5.74, 6) is 11.2. The number of carbonyl (C=O) groups is 2. The first-order valence-corrected chi connectivity index (χ1v) is 11.6. The fourth-order valence-electron chi connectivity index (χ4n) is 2.83. The highest BCUT2D eigenvalue weighted by atomic mass is 19.1. The molecule has 0 spiro atoms. The molecule has 0 heterocycles. The molecule has 3 aromatic rings. The Balaban J connectivity index is 1.57. The lowest BCUT2D eigenvalue weighted by Gasteiger charge is -2.07. The van der Waals surface area contributed by atoms with Crippen molar-refractivity contribution in [2.45, 2.75) is 13.8 Å². The van der Waals surface area contributed by atoms with Crippen LogP contribution in [0, 0.1) is 29.5 Å². The molecule has 0 atom stereocenters. The second-order valence-electron chi connectivity index (χ2n) is 8.18. The highest BCUT2D eigenvalue weighted by molar-refractivity contribution is 5.88. The van der Waals surface area contributed by atoms with Crippen molar-refractivity contribution in [2.75, 3.05) is 13.2 Å². The highest BCUT2D eigenvalue weighted by Gasteiger charge is 2.05. The first kappa shape index (κ1) is 27.5. The van der Waals surface area contributed by atoms with Crippen LogP contribution in [0.5, 0.6) is 11.5 Å². The van der Waals surface area contributed by atoms with E-state index in [1.54, 1.807) is 74.5 Å². The highest BCUT2D eigenvalue weighted by Crippen LogP contribution is 2.15. The predicted octanol–water partition coefficient (Wildman–Crippen LogP) is 5.60. The summed E-state index contributed by atoms with van der Waals surface area (Å²) in [5, 5.41) is 0. The van der Waals surface area contributed by atoms with Crippen LogP contribution in [0.3, 0.4) is 0 Å². The van der Waals surface area contributed by atoms with Crippen molar-refractivity contribution in [3.8, 4) is 35.2 Å². The summed E-state index contributed by atoms with van der Waals surface area (Å²) in [6.45, 7) is 10.5. The Bertz CT molecular complexity index is 1480. The summed E-state index contributed by atoms with van der Waals surface area (Å²) in [6.07, 6.45) is 0. The molecular formula is C32H25FO5. The molecule has 0 amide bonds. The Labute approximate surface area is 221 Å². The van der Waals surface area contributed by atoms with Crippen LogP contribution >= 0.6 is 0 Å². The number of ether oxygens (including phenoxy) is 3. The number of esters is 2. The molecule has 0 aliphatic carbocycles. The topological polar surface area (TPSA) is 61.8 Å². The second-order valence-corrected chi connectivity index (χ2v) is 8.18. The second kappa shape index (κ2) is 13.3. The SMILES string of the molecule is C=C(C)C(=O)OCCOc1ccc(C#Cc2ccc(C#Cc3ccc(OC(=O)C(=C)C)cc3)c(F)c2)cc1. The average Bonchev–Trinajstić information content (AvgIpc) is 2.90. The molecule has 6 heteroatoms. The van der Waals surface area contributed by atoms with E-state index in [1.807, 2.05) is 0 Å². The lowest BCUT2D eigenvalue weighted by molar-refractivity contribution is -0.139. The van der Waals surface area contributed by atoms with Gasteiger partial charge in [-0.3, -0.25) is 0 Å². The zero-order valence-electron chi connectivity index (χ0n) is 21.1. The van der Waals surface area contributed by atoms with E-state index in [0.717, 1.165) is 5.56 Å². The van der Waals surface area contributed by atoms with Gasteiger partial charge in [0.05, 0.1) is 5.56 Å². The van der Waals surface area contributed by atoms with Crippen LogP contribution in [0.2, 0.25) is 0 Å². The molecule has 0 aliphatic heterocycles. The largest absolute Gasteiger partial charge is 0.490 e. The van der Waals surface area contributed by atoms with Crippen molar-refractivity contribution in [1.29, 1.82) is 0 Å². The number of rotatable bonds is 7. The van der Waals surface area contributed by atoms with Gasteiger partial charge in [0, 0.05) is 27.8 Å². The third kappa shape index (κ3) is 8.55. The number of carbonyl (C=O) groups excluding carboxylic acids is 2. The molecule has 0 radical (unpaired) electrons. The van der Waals surface area contributed by atoms with Crippen LogP contribution in [0.1, 0.15) is 36.1 Å². The maximum absolute atomic E-state index is 14.6. The number of hydrogen-bond acceptors (Lipinski definition) is 5. The van der Waals surface area contributed by atoms with Crippen molar-refractivity contribution in [3.63, 3.8) is 0 Å². The van der Waals surface area contributed by atoms with Gasteiger partial charge in [-0.25, -0.2) is 14.0 Å². The van der Waals surface area contributed by atoms with Gasteiger partial charge in [-0.15, -0.1) is 0 Å². The molecule has 0 saturated carbocycles. The Kier molecular flexibility index (Phi) is 9.63. The first-order valence-electron chi connectivity index (χ1n) is 11.6. The lowest BCUT2D eigenvalue weighted by Crippen LogP contribution is -2.12. The maximum atomic E-state index is 14.6. The smallest absolute Gasteiger partial charge is 0.338 e. The Morgan fingerprint density at radius 1 is 0.711 bits per heavy atom. The molecule has 0 N–H and O–H groups in total. The van der Waals surface area contributed by atoms with Gasteiger partial charge in [0.25, 0.3) is 0 Å². The van der Waals surface area contributed by atoms with E-state index in [1.165, 1.54) is 6.07 Å². The standard InChI is InChI=1S/C32H25FO5/c1-22(2)31(34)37-20-19-36-28-15-9-24(10-16-28)5-6-26-8-14-27(30(33)21-26)13-7-25-11-17-29(18-12-25)38-32(35)23(3)4/h8-12,14-18,21H,1,3,19-20H2,2,4H3. The van der Waals surface area contributed by atoms with Crippen LogP contribution in [0.4, 0.5) is 4.39 Å². The Hall–Kier alpha value is -5.07. The zero-order chi connectivity index (χ0) is 27.5. The molecule has 190 valence electrons. The molecule has 0 fully saturated rings. The summed E-state index contributed by atoms with van der Waals surface area (Å²) < 4.78 is 30.2. The molecule has 0 unspecified atom stereocenters. The fraction of sp³-hybridized carbons (Fsp3) is 0.125. The van der Waals surface area contributed by atoms with Crippen molar-refractivity contribution < 1.29 is 28.2 Å². The molecule has 0 aromatic heterocycles. The minimum absolute atomic E-state index is 0.123. The summed E-state index contributed by atoms with van der Waals surface area (Å²) >= 11 is 0. The molecule has 3 aromatic carbocycles. The van der Waals surface area contributed by atoms with E-state index in [9.17, 15) is 14.0 Å². The molecular weight excluding hydrogens is 483 g/mol. The molecule has 38 heavy (non-hydrogen) atoms. The average molecular weight is 509 g/mol. The zero-order valence-corrected chi connectivity index (χ0v) is 21.1. The normalized spacial score (nSPS) is 9.66. The van der Waals surface area contributed by atoms with Crippen LogP contribution in [0.15, 0.2) is 91.0 Å². The van der Waals surface area contributed by atoms with Gasteiger partial charge in [0.2, 0.25) is 0 Å². The van der Waals surface area contributed by atoms with E-state index in [-0.39, 0.29) is 18.8 Å². The van der Waals surface area contributed by atoms with Crippen molar-refractivity contribution in [3.05, 3.63) is 119 Å². The van der Waals surface area contributed by atoms with E-state index < -0.39 is 17.8 Å². The van der Waals surface area contributed by atoms with Crippen molar-refractivity contribution in [2.24, 2.45) is 0 Å². The van der Waals surface area contributed by atoms with Gasteiger partial charge in [-0.1, -0.05) is 36.8 Å². The van der Waals surface area contributed by atoms with E-state index in [4.69, 9.17) is 14.2 Å². The van der Waals surface area contributed by atoms with Crippen molar-refractivity contribution >= 4 is 11.9 Å². The van der Waals surface area contributed by atoms with Gasteiger partial charge < -0.3 is 14.2 Å². The summed E-state index contributed by atoms with van der Waals surface area (Å²) in [4.78, 5) is 22.9. The number of benzene rings is 3. The van der Waals surface area contributed by atoms with Crippen LogP contribution < -0.4 is 9.47 Å². The van der Waals surface area contributed by atoms with Crippen LogP contribution in [0.25, 0.3) is 0 Å². The van der Waals surface area contributed by atoms with Gasteiger partial charge in [-0.2, -0.15) is 0 Å². The van der Waals surface area contributed by atoms with E-state index in [0.29, 0.717) is 33.8 Å². The Morgan fingerprint density at radius 3 is 1.82 bits per heavy atom. The third-order valence-electron chi connectivity index (χ3n) is 4.86. The van der Waals surface area contributed by atoms with E-state index in [2.05, 4.69) is 36.8 Å². The molecule has 0 bridgehead atoms. The third-order valence-corrected chi connectivity index (χ3v) is 4.86. The summed E-state index contributed by atoms with van der Waals surface area (Å²) in [6, 6.07) is 18.3. The molecule has 5 nitrogen and oxygen atoms in total. The van der Waals surface area contributed by atoms with Gasteiger partial charge in [0.15, 0.2) is 0 Å². The lowest BCUT2D eigenvalue weighted by atomic mass is 10.1. The minimum Gasteiger partial charge on any atom is -0.490 e. The first-order chi connectivity index (χ1) is 18.2. The minimum atomic E-state index is -0.504. The van der Waals surface area contributed by atoms with E-state index >= 15 is 0 Å². The monoisotopic (exact) mass is 508 g/mol. The quantitative estimate of drug-likeness (QED) is 0.137. The van der Waals surface area contributed by atoms with Gasteiger partial charge in [0.1, 0.15) is 30.5 Å². The summed E-state index contributed by atoms with van der Waals surface area (Å²) in [5.41, 5.74) is 2.76. The van der Waals surface area contributed by atoms with Crippen molar-refractivity contribution in [1.82, 2.24) is 0 Å². The number of hydrogen-bond donors (Lipinski definition) is 0. The van der Waals surface area contributed by atoms with Gasteiger partial charge >= 0.3 is 11.9 Å². The molecule has 0 aliphatic rings. The predicted molar refractivity (Wildman–Crippen MR) is 143 cm³/mol. The van der Waals surface area contributed by atoms with Gasteiger partial charge in [-0.05, 0) is 80.6 Å². The fourth-order valence-corrected chi connectivity index (χ4v) is 2.83. The number of halogens is 1. The molecule has 0 saturated heterocycles. The van der Waals surface area contributed by atoms with Crippen LogP contribution in [-0.2, 0) is 14.3 Å². The summed E-state index contributed by atoms with van der Waals surface area (Å²) in [7, 11) is 0. The Morgan fingerprint density at radius 2 is 1.24 bits per heavy atom. The maximum Gasteiger partial charge on any atom is 0.338 e. The van der Waals surface area contributed by atoms with Crippen LogP contribution in [-0.4, -0.2) is 25.2 Å². The molecule has 3 rings (SSSR count).